The van der Waals surface area contributed by atoms with E-state index in [1.54, 1.807) is 18.2 Å². The normalized spacial score (nSPS) is 10.3. The molecule has 0 saturated heterocycles. The highest BCUT2D eigenvalue weighted by atomic mass is 79.9. The monoisotopic (exact) mass is 463 g/mol. The molecule has 0 heterocycles. The molecule has 0 unspecified atom stereocenters. The van der Waals surface area contributed by atoms with Crippen LogP contribution in [0.3, 0.4) is 0 Å². The number of aryl methyl sites for hydroxylation is 1. The first kappa shape index (κ1) is 21.8. The van der Waals surface area contributed by atoms with Gasteiger partial charge in [-0.3, -0.25) is 25.8 Å². The van der Waals surface area contributed by atoms with E-state index >= 15 is 0 Å². The summed E-state index contributed by atoms with van der Waals surface area (Å²) in [5, 5.41) is 2.50. The van der Waals surface area contributed by atoms with Gasteiger partial charge in [-0.25, -0.2) is 0 Å². The molecule has 148 valence electrons. The molecule has 0 bridgehead atoms. The van der Waals surface area contributed by atoms with E-state index in [0.29, 0.717) is 17.2 Å². The maximum absolute atomic E-state index is 12.2. The highest BCUT2D eigenvalue weighted by Gasteiger charge is 2.10. The van der Waals surface area contributed by atoms with Crippen LogP contribution in [0.15, 0.2) is 46.9 Å². The molecule has 0 spiro atoms. The van der Waals surface area contributed by atoms with Gasteiger partial charge >= 0.3 is 0 Å². The highest BCUT2D eigenvalue weighted by molar-refractivity contribution is 9.10. The van der Waals surface area contributed by atoms with E-state index in [-0.39, 0.29) is 17.6 Å². The lowest BCUT2D eigenvalue weighted by Gasteiger charge is -2.12. The molecule has 8 heteroatoms. The molecule has 0 aromatic heterocycles. The van der Waals surface area contributed by atoms with Gasteiger partial charge in [0, 0.05) is 10.0 Å². The number of ether oxygens (including phenoxy) is 1. The van der Waals surface area contributed by atoms with Crippen LogP contribution >= 0.6 is 28.1 Å². The predicted octanol–water partition coefficient (Wildman–Crippen LogP) is 3.60. The standard InChI is InChI=1S/C20H22BrN3O3S/c1-12(2)14-4-6-15(7-5-14)19(26)22-20(28)24-23-18(25)11-27-16-8-9-17(21)13(3)10-16/h4-10,12H,11H2,1-3H3,(H,23,25)(H2,22,24,26,28). The molecule has 0 aliphatic rings. The molecule has 28 heavy (non-hydrogen) atoms. The first-order valence-corrected chi connectivity index (χ1v) is 9.85. The maximum atomic E-state index is 12.2. The van der Waals surface area contributed by atoms with Crippen molar-refractivity contribution in [2.45, 2.75) is 26.7 Å². The zero-order chi connectivity index (χ0) is 20.7. The average molecular weight is 464 g/mol. The van der Waals surface area contributed by atoms with Gasteiger partial charge in [-0.15, -0.1) is 0 Å². The quantitative estimate of drug-likeness (QED) is 0.466. The summed E-state index contributed by atoms with van der Waals surface area (Å²) in [7, 11) is 0. The number of hydrogen-bond donors (Lipinski definition) is 3. The van der Waals surface area contributed by atoms with Crippen molar-refractivity contribution < 1.29 is 14.3 Å². The number of benzene rings is 2. The summed E-state index contributed by atoms with van der Waals surface area (Å²) in [5.41, 5.74) is 7.49. The Labute approximate surface area is 178 Å². The van der Waals surface area contributed by atoms with Crippen LogP contribution in [-0.2, 0) is 4.79 Å². The lowest BCUT2D eigenvalue weighted by atomic mass is 10.0. The fourth-order valence-electron chi connectivity index (χ4n) is 2.24. The smallest absolute Gasteiger partial charge is 0.276 e. The summed E-state index contributed by atoms with van der Waals surface area (Å²) in [4.78, 5) is 24.0. The Balaban J connectivity index is 1.75. The molecule has 6 nitrogen and oxygen atoms in total. The van der Waals surface area contributed by atoms with Gasteiger partial charge in [0.2, 0.25) is 0 Å². The fraction of sp³-hybridized carbons (Fsp3) is 0.250. The second kappa shape index (κ2) is 10.2. The maximum Gasteiger partial charge on any atom is 0.276 e. The molecule has 3 N–H and O–H groups in total. The second-order valence-electron chi connectivity index (χ2n) is 6.43. The van der Waals surface area contributed by atoms with Crippen LogP contribution in [0.5, 0.6) is 5.75 Å². The van der Waals surface area contributed by atoms with Crippen molar-refractivity contribution >= 4 is 45.1 Å². The Bertz CT molecular complexity index is 869. The van der Waals surface area contributed by atoms with Crippen molar-refractivity contribution in [1.82, 2.24) is 16.2 Å². The van der Waals surface area contributed by atoms with E-state index in [9.17, 15) is 9.59 Å². The Morgan fingerprint density at radius 3 is 2.39 bits per heavy atom. The summed E-state index contributed by atoms with van der Waals surface area (Å²) < 4.78 is 6.38. The largest absolute Gasteiger partial charge is 0.484 e. The van der Waals surface area contributed by atoms with Crippen LogP contribution < -0.4 is 20.9 Å². The Kier molecular flexibility index (Phi) is 7.95. The van der Waals surface area contributed by atoms with Crippen molar-refractivity contribution in [3.8, 4) is 5.75 Å². The van der Waals surface area contributed by atoms with Crippen LogP contribution in [-0.4, -0.2) is 23.5 Å². The molecule has 0 atom stereocenters. The molecular formula is C20H22BrN3O3S. The summed E-state index contributed by atoms with van der Waals surface area (Å²) in [6.45, 7) is 5.90. The van der Waals surface area contributed by atoms with Gasteiger partial charge in [0.05, 0.1) is 0 Å². The summed E-state index contributed by atoms with van der Waals surface area (Å²) >= 11 is 8.42. The Morgan fingerprint density at radius 1 is 1.11 bits per heavy atom. The van der Waals surface area contributed by atoms with Gasteiger partial charge < -0.3 is 4.74 Å². The number of hydrogen-bond acceptors (Lipinski definition) is 4. The fourth-order valence-corrected chi connectivity index (χ4v) is 2.63. The third-order valence-corrected chi connectivity index (χ3v) is 4.98. The molecule has 0 saturated carbocycles. The molecular weight excluding hydrogens is 442 g/mol. The molecule has 0 aliphatic heterocycles. The Hall–Kier alpha value is -2.45. The molecule has 0 radical (unpaired) electrons. The first-order valence-electron chi connectivity index (χ1n) is 8.65. The van der Waals surface area contributed by atoms with E-state index in [2.05, 4.69) is 45.9 Å². The summed E-state index contributed by atoms with van der Waals surface area (Å²) in [6.07, 6.45) is 0. The van der Waals surface area contributed by atoms with Crippen LogP contribution in [0, 0.1) is 6.92 Å². The van der Waals surface area contributed by atoms with Crippen LogP contribution in [0.4, 0.5) is 0 Å². The zero-order valence-electron chi connectivity index (χ0n) is 15.8. The predicted molar refractivity (Wildman–Crippen MR) is 116 cm³/mol. The van der Waals surface area contributed by atoms with Crippen molar-refractivity contribution in [1.29, 1.82) is 0 Å². The molecule has 0 fully saturated rings. The lowest BCUT2D eigenvalue weighted by Crippen LogP contribution is -2.49. The van der Waals surface area contributed by atoms with Crippen LogP contribution in [0.1, 0.15) is 41.3 Å². The van der Waals surface area contributed by atoms with E-state index in [1.165, 1.54) is 0 Å². The van der Waals surface area contributed by atoms with Gasteiger partial charge in [0.15, 0.2) is 11.7 Å². The Morgan fingerprint density at radius 2 is 1.79 bits per heavy atom. The van der Waals surface area contributed by atoms with Crippen LogP contribution in [0.2, 0.25) is 0 Å². The van der Waals surface area contributed by atoms with E-state index in [1.807, 2.05) is 31.2 Å². The number of thiocarbonyl (C=S) groups is 1. The molecule has 2 aromatic rings. The second-order valence-corrected chi connectivity index (χ2v) is 7.70. The van der Waals surface area contributed by atoms with Crippen molar-refractivity contribution in [2.24, 2.45) is 0 Å². The molecule has 2 amide bonds. The molecule has 2 rings (SSSR count). The summed E-state index contributed by atoms with van der Waals surface area (Å²) in [5.74, 6) is 0.178. The van der Waals surface area contributed by atoms with Gasteiger partial charge in [-0.2, -0.15) is 0 Å². The van der Waals surface area contributed by atoms with Gasteiger partial charge in [0.1, 0.15) is 5.75 Å². The van der Waals surface area contributed by atoms with Gasteiger partial charge in [-0.05, 0) is 66.5 Å². The minimum atomic E-state index is -0.432. The van der Waals surface area contributed by atoms with Crippen molar-refractivity contribution in [3.05, 3.63) is 63.6 Å². The third kappa shape index (κ3) is 6.61. The highest BCUT2D eigenvalue weighted by Crippen LogP contribution is 2.21. The van der Waals surface area contributed by atoms with Crippen LogP contribution in [0.25, 0.3) is 0 Å². The first-order chi connectivity index (χ1) is 13.3. The van der Waals surface area contributed by atoms with E-state index in [0.717, 1.165) is 15.6 Å². The molecule has 0 aliphatic carbocycles. The number of carbonyl (C=O) groups is 2. The minimum absolute atomic E-state index is 0.00854. The number of nitrogens with one attached hydrogen (secondary N) is 3. The van der Waals surface area contributed by atoms with Crippen molar-refractivity contribution in [2.75, 3.05) is 6.61 Å². The van der Waals surface area contributed by atoms with E-state index < -0.39 is 5.91 Å². The SMILES string of the molecule is Cc1cc(OCC(=O)NNC(=S)NC(=O)c2ccc(C(C)C)cc2)ccc1Br. The third-order valence-electron chi connectivity index (χ3n) is 3.88. The zero-order valence-corrected chi connectivity index (χ0v) is 18.2. The van der Waals surface area contributed by atoms with Crippen molar-refractivity contribution in [3.63, 3.8) is 0 Å². The number of amides is 2. The number of rotatable bonds is 5. The number of halogens is 1. The average Bonchev–Trinajstić information content (AvgIpc) is 2.67. The molecule has 2 aromatic carbocycles. The number of hydrazine groups is 1. The lowest BCUT2D eigenvalue weighted by molar-refractivity contribution is -0.123. The minimum Gasteiger partial charge on any atom is -0.484 e. The van der Waals surface area contributed by atoms with Gasteiger partial charge in [0.25, 0.3) is 11.8 Å². The van der Waals surface area contributed by atoms with E-state index in [4.69, 9.17) is 17.0 Å². The number of carbonyl (C=O) groups excluding carboxylic acids is 2. The van der Waals surface area contributed by atoms with Gasteiger partial charge in [-0.1, -0.05) is 41.9 Å². The summed E-state index contributed by atoms with van der Waals surface area (Å²) in [6, 6.07) is 12.7. The topological polar surface area (TPSA) is 79.5 Å².